The second-order valence-corrected chi connectivity index (χ2v) is 5.93. The summed E-state index contributed by atoms with van der Waals surface area (Å²) >= 11 is 0. The van der Waals surface area contributed by atoms with E-state index in [0.717, 1.165) is 44.5 Å². The van der Waals surface area contributed by atoms with Gasteiger partial charge in [0.2, 0.25) is 5.91 Å². The Kier molecular flexibility index (Phi) is 4.24. The summed E-state index contributed by atoms with van der Waals surface area (Å²) in [4.78, 5) is 30.7. The van der Waals surface area contributed by atoms with Gasteiger partial charge in [0, 0.05) is 18.8 Å². The maximum atomic E-state index is 12.3. The first-order valence-electron chi connectivity index (χ1n) is 8.03. The Morgan fingerprint density at radius 2 is 2.09 bits per heavy atom. The standard InChI is InChI=1S/C16H19N5O2/c1-2-5-11-8-15(23)21-16(18-11)12(10-17)13(19-21)9-14(22)20-6-3-4-7-20/h2-9H2,1H3. The van der Waals surface area contributed by atoms with Crippen molar-refractivity contribution in [2.24, 2.45) is 4.99 Å². The number of hydrogen-bond acceptors (Lipinski definition) is 5. The third-order valence-electron chi connectivity index (χ3n) is 4.22. The third-order valence-corrected chi connectivity index (χ3v) is 4.22. The number of rotatable bonds is 4. The predicted molar refractivity (Wildman–Crippen MR) is 83.7 cm³/mol. The number of amides is 1. The molecule has 0 aromatic carbocycles. The Labute approximate surface area is 134 Å². The van der Waals surface area contributed by atoms with Crippen LogP contribution in [0.4, 0.5) is 5.82 Å². The lowest BCUT2D eigenvalue weighted by atomic mass is 10.1. The summed E-state index contributed by atoms with van der Waals surface area (Å²) in [6, 6.07) is 2.07. The Morgan fingerprint density at radius 3 is 2.74 bits per heavy atom. The fraction of sp³-hybridized carbons (Fsp3) is 0.562. The highest BCUT2D eigenvalue weighted by Gasteiger charge is 2.28. The third kappa shape index (κ3) is 2.89. The van der Waals surface area contributed by atoms with Gasteiger partial charge in [-0.1, -0.05) is 13.3 Å². The van der Waals surface area contributed by atoms with E-state index in [1.807, 2.05) is 6.92 Å². The van der Waals surface area contributed by atoms with Crippen LogP contribution in [-0.2, 0) is 11.2 Å². The molecular weight excluding hydrogens is 294 g/mol. The van der Waals surface area contributed by atoms with Crippen LogP contribution < -0.4 is 0 Å². The van der Waals surface area contributed by atoms with Crippen molar-refractivity contribution in [3.8, 4) is 6.07 Å². The van der Waals surface area contributed by atoms with Gasteiger partial charge in [0.25, 0.3) is 5.91 Å². The number of carbonyl (C=O) groups excluding carboxylic acids is 2. The fourth-order valence-electron chi connectivity index (χ4n) is 3.06. The van der Waals surface area contributed by atoms with Crippen molar-refractivity contribution in [3.05, 3.63) is 11.3 Å². The molecule has 2 aliphatic heterocycles. The van der Waals surface area contributed by atoms with Crippen molar-refractivity contribution in [1.29, 1.82) is 5.26 Å². The molecule has 1 aromatic rings. The van der Waals surface area contributed by atoms with Gasteiger partial charge in [0.05, 0.1) is 18.5 Å². The molecule has 0 saturated carbocycles. The molecule has 23 heavy (non-hydrogen) atoms. The molecule has 0 atom stereocenters. The van der Waals surface area contributed by atoms with E-state index in [4.69, 9.17) is 0 Å². The highest BCUT2D eigenvalue weighted by Crippen LogP contribution is 2.28. The van der Waals surface area contributed by atoms with E-state index in [-0.39, 0.29) is 36.0 Å². The van der Waals surface area contributed by atoms with E-state index in [1.54, 1.807) is 4.90 Å². The first kappa shape index (κ1) is 15.4. The van der Waals surface area contributed by atoms with Gasteiger partial charge >= 0.3 is 0 Å². The molecule has 7 nitrogen and oxygen atoms in total. The van der Waals surface area contributed by atoms with Crippen molar-refractivity contribution < 1.29 is 9.59 Å². The van der Waals surface area contributed by atoms with Crippen molar-refractivity contribution >= 4 is 23.3 Å². The second-order valence-electron chi connectivity index (χ2n) is 5.93. The van der Waals surface area contributed by atoms with E-state index in [1.165, 1.54) is 4.68 Å². The van der Waals surface area contributed by atoms with Crippen LogP contribution in [-0.4, -0.2) is 45.3 Å². The van der Waals surface area contributed by atoms with Gasteiger partial charge in [-0.25, -0.2) is 4.99 Å². The zero-order valence-corrected chi connectivity index (χ0v) is 13.2. The minimum Gasteiger partial charge on any atom is -0.342 e. The second kappa shape index (κ2) is 6.32. The SMILES string of the molecule is CCCC1=Nc2c(C#N)c(CC(=O)N3CCCC3)nn2C(=O)C1. The maximum absolute atomic E-state index is 12.3. The van der Waals surface area contributed by atoms with Crippen LogP contribution in [0.1, 0.15) is 55.1 Å². The molecule has 120 valence electrons. The molecule has 3 rings (SSSR count). The number of fused-ring (bicyclic) bond motifs is 1. The molecule has 0 unspecified atom stereocenters. The van der Waals surface area contributed by atoms with E-state index in [2.05, 4.69) is 16.2 Å². The van der Waals surface area contributed by atoms with Crippen LogP contribution in [0, 0.1) is 11.3 Å². The molecule has 1 fully saturated rings. The predicted octanol–water partition coefficient (Wildman–Crippen LogP) is 1.84. The zero-order chi connectivity index (χ0) is 16.4. The largest absolute Gasteiger partial charge is 0.342 e. The average molecular weight is 313 g/mol. The molecule has 0 N–H and O–H groups in total. The Hall–Kier alpha value is -2.49. The van der Waals surface area contributed by atoms with E-state index >= 15 is 0 Å². The van der Waals surface area contributed by atoms with Crippen molar-refractivity contribution in [3.63, 3.8) is 0 Å². The lowest BCUT2D eigenvalue weighted by molar-refractivity contribution is -0.129. The molecule has 0 spiro atoms. The minimum absolute atomic E-state index is 0.0420. The molecule has 1 saturated heterocycles. The van der Waals surface area contributed by atoms with E-state index < -0.39 is 0 Å². The first-order valence-corrected chi connectivity index (χ1v) is 8.03. The number of carbonyl (C=O) groups is 2. The smallest absolute Gasteiger partial charge is 0.254 e. The molecule has 3 heterocycles. The van der Waals surface area contributed by atoms with Gasteiger partial charge < -0.3 is 4.90 Å². The van der Waals surface area contributed by atoms with Crippen molar-refractivity contribution in [2.75, 3.05) is 13.1 Å². The first-order chi connectivity index (χ1) is 11.1. The number of nitrogens with zero attached hydrogens (tertiary/aromatic N) is 5. The number of hydrogen-bond donors (Lipinski definition) is 0. The van der Waals surface area contributed by atoms with Crippen LogP contribution >= 0.6 is 0 Å². The van der Waals surface area contributed by atoms with Gasteiger partial charge in [-0.15, -0.1) is 0 Å². The molecule has 0 radical (unpaired) electrons. The molecular formula is C16H19N5O2. The van der Waals surface area contributed by atoms with Gasteiger partial charge in [-0.05, 0) is 19.3 Å². The number of likely N-dealkylation sites (tertiary alicyclic amines) is 1. The summed E-state index contributed by atoms with van der Waals surface area (Å²) in [5, 5.41) is 13.6. The summed E-state index contributed by atoms with van der Waals surface area (Å²) in [5.41, 5.74) is 1.38. The highest BCUT2D eigenvalue weighted by molar-refractivity contribution is 6.06. The molecule has 2 aliphatic rings. The average Bonchev–Trinajstić information content (AvgIpc) is 3.15. The quantitative estimate of drug-likeness (QED) is 0.848. The van der Waals surface area contributed by atoms with Gasteiger partial charge in [-0.3, -0.25) is 9.59 Å². The molecule has 0 bridgehead atoms. The zero-order valence-electron chi connectivity index (χ0n) is 13.2. The van der Waals surface area contributed by atoms with E-state index in [0.29, 0.717) is 5.69 Å². The lowest BCUT2D eigenvalue weighted by Crippen LogP contribution is -2.29. The van der Waals surface area contributed by atoms with Crippen LogP contribution in [0.5, 0.6) is 0 Å². The molecule has 1 amide bonds. The number of aliphatic imine (C=N–C) groups is 1. The van der Waals surface area contributed by atoms with Gasteiger partial charge in [0.1, 0.15) is 11.6 Å². The minimum atomic E-state index is -0.185. The fourth-order valence-corrected chi connectivity index (χ4v) is 3.06. The summed E-state index contributed by atoms with van der Waals surface area (Å²) in [5.74, 6) is 0.0610. The summed E-state index contributed by atoms with van der Waals surface area (Å²) < 4.78 is 1.18. The van der Waals surface area contributed by atoms with Crippen LogP contribution in [0.15, 0.2) is 4.99 Å². The highest BCUT2D eigenvalue weighted by atomic mass is 16.2. The number of aromatic nitrogens is 2. The van der Waals surface area contributed by atoms with Crippen LogP contribution in [0.25, 0.3) is 0 Å². The Bertz CT molecular complexity index is 720. The van der Waals surface area contributed by atoms with Crippen molar-refractivity contribution in [1.82, 2.24) is 14.7 Å². The van der Waals surface area contributed by atoms with Gasteiger partial charge in [-0.2, -0.15) is 15.0 Å². The summed E-state index contributed by atoms with van der Waals surface area (Å²) in [6.45, 7) is 3.53. The molecule has 0 aliphatic carbocycles. The lowest BCUT2D eigenvalue weighted by Gasteiger charge is -2.13. The monoisotopic (exact) mass is 313 g/mol. The van der Waals surface area contributed by atoms with Gasteiger partial charge in [0.15, 0.2) is 5.82 Å². The normalized spacial score (nSPS) is 17.0. The molecule has 1 aromatic heterocycles. The number of nitriles is 1. The summed E-state index contributed by atoms with van der Waals surface area (Å²) in [7, 11) is 0. The summed E-state index contributed by atoms with van der Waals surface area (Å²) in [6.07, 6.45) is 3.92. The Morgan fingerprint density at radius 1 is 1.35 bits per heavy atom. The Balaban J connectivity index is 1.91. The maximum Gasteiger partial charge on any atom is 0.254 e. The van der Waals surface area contributed by atoms with Crippen molar-refractivity contribution in [2.45, 2.75) is 45.4 Å². The molecule has 7 heteroatoms. The van der Waals surface area contributed by atoms with Crippen LogP contribution in [0.3, 0.4) is 0 Å². The van der Waals surface area contributed by atoms with Crippen LogP contribution in [0.2, 0.25) is 0 Å². The van der Waals surface area contributed by atoms with E-state index in [9.17, 15) is 14.9 Å². The topological polar surface area (TPSA) is 91.3 Å².